The second-order valence-corrected chi connectivity index (χ2v) is 4.47. The molecule has 0 aliphatic carbocycles. The van der Waals surface area contributed by atoms with Crippen LogP contribution in [0.3, 0.4) is 0 Å². The van der Waals surface area contributed by atoms with E-state index in [1.165, 1.54) is 36.4 Å². The fraction of sp³-hybridized carbons (Fsp3) is 0.0714. The molecule has 3 aromatic rings. The maximum Gasteiger partial charge on any atom is 0.433 e. The van der Waals surface area contributed by atoms with Gasteiger partial charge in [-0.2, -0.15) is 13.2 Å². The molecule has 0 saturated carbocycles. The third-order valence-corrected chi connectivity index (χ3v) is 3.01. The number of nitrogens with zero attached hydrogens (tertiary/aromatic N) is 2. The van der Waals surface area contributed by atoms with Gasteiger partial charge in [0.15, 0.2) is 5.69 Å². The van der Waals surface area contributed by atoms with Crippen LogP contribution in [-0.4, -0.2) is 19.6 Å². The van der Waals surface area contributed by atoms with Crippen LogP contribution in [0.5, 0.6) is 11.5 Å². The molecule has 0 spiro atoms. The SMILES string of the molecule is Oc1ccc(-c2nc3ccc(O)cn3c2C(F)(F)F)cc1. The normalized spacial score (nSPS) is 12.0. The van der Waals surface area contributed by atoms with Gasteiger partial charge < -0.3 is 10.2 Å². The molecule has 108 valence electrons. The summed E-state index contributed by atoms with van der Waals surface area (Å²) in [5.74, 6) is -0.337. The smallest absolute Gasteiger partial charge is 0.433 e. The summed E-state index contributed by atoms with van der Waals surface area (Å²) in [5, 5.41) is 18.6. The minimum Gasteiger partial charge on any atom is -0.508 e. The van der Waals surface area contributed by atoms with E-state index in [4.69, 9.17) is 0 Å². The topological polar surface area (TPSA) is 57.8 Å². The molecule has 0 amide bonds. The minimum absolute atomic E-state index is 0.0475. The first-order valence-electron chi connectivity index (χ1n) is 5.94. The monoisotopic (exact) mass is 294 g/mol. The molecule has 0 fully saturated rings. The van der Waals surface area contributed by atoms with E-state index < -0.39 is 11.9 Å². The minimum atomic E-state index is -4.64. The number of halogens is 3. The Bertz CT molecular complexity index is 807. The first kappa shape index (κ1) is 13.3. The van der Waals surface area contributed by atoms with Gasteiger partial charge in [-0.25, -0.2) is 4.98 Å². The van der Waals surface area contributed by atoms with Crippen molar-refractivity contribution in [3.63, 3.8) is 0 Å². The number of pyridine rings is 1. The van der Waals surface area contributed by atoms with Gasteiger partial charge in [0.25, 0.3) is 0 Å². The maximum absolute atomic E-state index is 13.3. The number of benzene rings is 1. The first-order valence-corrected chi connectivity index (χ1v) is 5.94. The van der Waals surface area contributed by atoms with Crippen LogP contribution in [0.2, 0.25) is 0 Å². The average molecular weight is 294 g/mol. The van der Waals surface area contributed by atoms with Crippen molar-refractivity contribution in [2.75, 3.05) is 0 Å². The molecule has 2 aromatic heterocycles. The summed E-state index contributed by atoms with van der Waals surface area (Å²) in [7, 11) is 0. The molecule has 0 bridgehead atoms. The molecule has 0 radical (unpaired) electrons. The fourth-order valence-electron chi connectivity index (χ4n) is 2.12. The zero-order valence-electron chi connectivity index (χ0n) is 10.5. The predicted molar refractivity (Wildman–Crippen MR) is 69.0 cm³/mol. The molecular formula is C14H9F3N2O2. The van der Waals surface area contributed by atoms with Crippen molar-refractivity contribution < 1.29 is 23.4 Å². The molecule has 2 heterocycles. The summed E-state index contributed by atoms with van der Waals surface area (Å²) in [6.45, 7) is 0. The summed E-state index contributed by atoms with van der Waals surface area (Å²) in [4.78, 5) is 3.97. The lowest BCUT2D eigenvalue weighted by atomic mass is 10.1. The molecule has 21 heavy (non-hydrogen) atoms. The van der Waals surface area contributed by atoms with Crippen molar-refractivity contribution >= 4 is 5.65 Å². The quantitative estimate of drug-likeness (QED) is 0.723. The second kappa shape index (κ2) is 4.41. The Hall–Kier alpha value is -2.70. The lowest BCUT2D eigenvalue weighted by molar-refractivity contribution is -0.141. The van der Waals surface area contributed by atoms with Gasteiger partial charge in [-0.3, -0.25) is 4.40 Å². The molecule has 0 atom stereocenters. The number of imidazole rings is 1. The van der Waals surface area contributed by atoms with E-state index in [0.717, 1.165) is 10.6 Å². The van der Waals surface area contributed by atoms with Crippen molar-refractivity contribution in [3.05, 3.63) is 48.3 Å². The largest absolute Gasteiger partial charge is 0.508 e. The Balaban J connectivity index is 2.34. The third kappa shape index (κ3) is 2.26. The molecular weight excluding hydrogens is 285 g/mol. The summed E-state index contributed by atoms with van der Waals surface area (Å²) in [6.07, 6.45) is -3.67. The van der Waals surface area contributed by atoms with E-state index in [0.29, 0.717) is 0 Å². The summed E-state index contributed by atoms with van der Waals surface area (Å²) in [6, 6.07) is 7.85. The molecule has 0 aliphatic rings. The predicted octanol–water partition coefficient (Wildman–Crippen LogP) is 3.43. The van der Waals surface area contributed by atoms with Crippen LogP contribution in [0, 0.1) is 0 Å². The lowest BCUT2D eigenvalue weighted by Crippen LogP contribution is -2.10. The standard InChI is InChI=1S/C14H9F3N2O2/c15-14(16,17)13-12(8-1-3-9(20)4-2-8)18-11-6-5-10(21)7-19(11)13/h1-7,20-21H. The van der Waals surface area contributed by atoms with Crippen LogP contribution in [0.1, 0.15) is 5.69 Å². The molecule has 2 N–H and O–H groups in total. The van der Waals surface area contributed by atoms with Crippen LogP contribution < -0.4 is 0 Å². The number of phenolic OH excluding ortho intramolecular Hbond substituents is 1. The van der Waals surface area contributed by atoms with E-state index >= 15 is 0 Å². The molecule has 3 rings (SSSR count). The average Bonchev–Trinajstić information content (AvgIpc) is 2.77. The number of phenols is 1. The van der Waals surface area contributed by atoms with Gasteiger partial charge in [0.2, 0.25) is 0 Å². The number of rotatable bonds is 1. The second-order valence-electron chi connectivity index (χ2n) is 4.47. The van der Waals surface area contributed by atoms with Gasteiger partial charge in [-0.1, -0.05) is 0 Å². The van der Waals surface area contributed by atoms with Crippen LogP contribution in [0.25, 0.3) is 16.9 Å². The zero-order valence-corrected chi connectivity index (χ0v) is 10.5. The highest BCUT2D eigenvalue weighted by Gasteiger charge is 2.38. The number of hydrogen-bond acceptors (Lipinski definition) is 3. The highest BCUT2D eigenvalue weighted by molar-refractivity contribution is 5.68. The molecule has 0 unspecified atom stereocenters. The van der Waals surface area contributed by atoms with E-state index in [1.54, 1.807) is 0 Å². The molecule has 0 saturated heterocycles. The van der Waals surface area contributed by atoms with Crippen molar-refractivity contribution in [3.8, 4) is 22.8 Å². The van der Waals surface area contributed by atoms with Gasteiger partial charge in [-0.05, 0) is 36.4 Å². The Morgan fingerprint density at radius 3 is 2.14 bits per heavy atom. The van der Waals surface area contributed by atoms with E-state index in [9.17, 15) is 23.4 Å². The first-order chi connectivity index (χ1) is 9.86. The third-order valence-electron chi connectivity index (χ3n) is 3.01. The van der Waals surface area contributed by atoms with Crippen LogP contribution in [0.15, 0.2) is 42.6 Å². The summed E-state index contributed by atoms with van der Waals surface area (Å²) >= 11 is 0. The van der Waals surface area contributed by atoms with E-state index in [-0.39, 0.29) is 28.4 Å². The van der Waals surface area contributed by atoms with E-state index in [1.807, 2.05) is 0 Å². The van der Waals surface area contributed by atoms with Crippen molar-refractivity contribution in [2.24, 2.45) is 0 Å². The highest BCUT2D eigenvalue weighted by atomic mass is 19.4. The van der Waals surface area contributed by atoms with Gasteiger partial charge >= 0.3 is 6.18 Å². The van der Waals surface area contributed by atoms with Gasteiger partial charge in [0.05, 0.1) is 6.20 Å². The maximum atomic E-state index is 13.3. The van der Waals surface area contributed by atoms with Gasteiger partial charge in [0.1, 0.15) is 22.8 Å². The molecule has 1 aromatic carbocycles. The van der Waals surface area contributed by atoms with Crippen LogP contribution in [-0.2, 0) is 6.18 Å². The van der Waals surface area contributed by atoms with Crippen LogP contribution >= 0.6 is 0 Å². The number of hydrogen-bond donors (Lipinski definition) is 2. The van der Waals surface area contributed by atoms with Crippen molar-refractivity contribution in [1.82, 2.24) is 9.38 Å². The van der Waals surface area contributed by atoms with Crippen molar-refractivity contribution in [1.29, 1.82) is 0 Å². The van der Waals surface area contributed by atoms with E-state index in [2.05, 4.69) is 4.98 Å². The zero-order chi connectivity index (χ0) is 15.2. The Labute approximate surface area is 116 Å². The molecule has 0 aliphatic heterocycles. The fourth-order valence-corrected chi connectivity index (χ4v) is 2.12. The summed E-state index contributed by atoms with van der Waals surface area (Å²) in [5.41, 5.74) is -0.932. The Kier molecular flexibility index (Phi) is 2.79. The van der Waals surface area contributed by atoms with Crippen LogP contribution in [0.4, 0.5) is 13.2 Å². The number of fused-ring (bicyclic) bond motifs is 1. The number of aromatic nitrogens is 2. The highest BCUT2D eigenvalue weighted by Crippen LogP contribution is 2.38. The Morgan fingerprint density at radius 2 is 1.52 bits per heavy atom. The molecule has 4 nitrogen and oxygen atoms in total. The van der Waals surface area contributed by atoms with Crippen molar-refractivity contribution in [2.45, 2.75) is 6.18 Å². The summed E-state index contributed by atoms with van der Waals surface area (Å²) < 4.78 is 40.8. The molecule has 7 heteroatoms. The number of alkyl halides is 3. The van der Waals surface area contributed by atoms with Gasteiger partial charge in [0, 0.05) is 5.56 Å². The van der Waals surface area contributed by atoms with Gasteiger partial charge in [-0.15, -0.1) is 0 Å². The lowest BCUT2D eigenvalue weighted by Gasteiger charge is -2.09. The number of aromatic hydroxyl groups is 2. The Morgan fingerprint density at radius 1 is 0.905 bits per heavy atom.